The lowest BCUT2D eigenvalue weighted by atomic mass is 9.99. The van der Waals surface area contributed by atoms with E-state index in [1.54, 1.807) is 39.8 Å². The van der Waals surface area contributed by atoms with E-state index in [9.17, 15) is 48.3 Å². The van der Waals surface area contributed by atoms with Crippen molar-refractivity contribution in [2.24, 2.45) is 28.3 Å². The van der Waals surface area contributed by atoms with Gasteiger partial charge in [0.2, 0.25) is 53.2 Å². The zero-order valence-corrected chi connectivity index (χ0v) is 34.6. The van der Waals surface area contributed by atoms with Crippen molar-refractivity contribution in [1.82, 2.24) is 42.2 Å². The molecule has 2 aliphatic rings. The first-order valence-corrected chi connectivity index (χ1v) is 20.2. The maximum Gasteiger partial charge on any atom is 0.246 e. The van der Waals surface area contributed by atoms with Gasteiger partial charge < -0.3 is 53.8 Å². The molecular weight excluding hydrogens is 791 g/mol. The highest BCUT2D eigenvalue weighted by atomic mass is 32.2. The summed E-state index contributed by atoms with van der Waals surface area (Å²) in [4.78, 5) is 127. The Morgan fingerprint density at radius 2 is 1.36 bits per heavy atom. The number of aliphatic hydroxyl groups is 1. The van der Waals surface area contributed by atoms with Gasteiger partial charge in [0.1, 0.15) is 53.4 Å². The van der Waals surface area contributed by atoms with E-state index in [1.165, 1.54) is 31.8 Å². The largest absolute Gasteiger partial charge is 0.394 e. The standard InChI is InChI=1S/C37H55N11O10S/c1-16(2)11-23-33(55)43-21(7-8-27(38)50)32(54)46-25(14-49)34(56)44-22(29(39)51)12-20-9-10-40-24(13-20)37-47-26(15-59-37)35(57)42-18(5)30(52)41-19(6)31(53)48-28(17(3)4)36(58)45-23/h9-10,13,16-19,21-23,25-26,28,49H,7-8,11-12,14-15H2,1-6H3,(H2,38,50)(H2,39,51)(H,41,52)(H,42,57)(H,43,55)(H,44,56)(H,45,58)(H,46,54)(H,48,53)/t18-,19-,21-,22-,23-,25-,26-,28-/m0/s1. The van der Waals surface area contributed by atoms with E-state index in [4.69, 9.17) is 11.5 Å². The van der Waals surface area contributed by atoms with Crippen LogP contribution in [0.1, 0.15) is 72.1 Å². The third-order valence-corrected chi connectivity index (χ3v) is 10.4. The number of hydrogen-bond donors (Lipinski definition) is 10. The molecule has 0 aromatic carbocycles. The Hall–Kier alpha value is -5.64. The third kappa shape index (κ3) is 14.3. The number of thioether (sulfide) groups is 1. The van der Waals surface area contributed by atoms with E-state index < -0.39 is 114 Å². The molecule has 324 valence electrons. The normalized spacial score (nSPS) is 27.1. The van der Waals surface area contributed by atoms with Crippen LogP contribution >= 0.6 is 11.8 Å². The van der Waals surface area contributed by atoms with Gasteiger partial charge in [0.25, 0.3) is 0 Å². The molecule has 1 aromatic rings. The van der Waals surface area contributed by atoms with Crippen molar-refractivity contribution in [2.75, 3.05) is 12.4 Å². The van der Waals surface area contributed by atoms with Gasteiger partial charge in [0, 0.05) is 24.8 Å². The lowest BCUT2D eigenvalue weighted by molar-refractivity contribution is -0.136. The zero-order valence-electron chi connectivity index (χ0n) is 33.8. The smallest absolute Gasteiger partial charge is 0.246 e. The number of pyridine rings is 1. The van der Waals surface area contributed by atoms with E-state index in [0.29, 0.717) is 16.3 Å². The van der Waals surface area contributed by atoms with Crippen molar-refractivity contribution in [3.05, 3.63) is 29.6 Å². The third-order valence-electron chi connectivity index (χ3n) is 9.32. The van der Waals surface area contributed by atoms with E-state index >= 15 is 0 Å². The zero-order chi connectivity index (χ0) is 44.1. The summed E-state index contributed by atoms with van der Waals surface area (Å²) in [6, 6.07) is -6.95. The summed E-state index contributed by atoms with van der Waals surface area (Å²) >= 11 is 1.23. The highest BCUT2D eigenvalue weighted by molar-refractivity contribution is 8.14. The maximum absolute atomic E-state index is 13.8. The first kappa shape index (κ1) is 47.7. The van der Waals surface area contributed by atoms with Crippen molar-refractivity contribution in [1.29, 1.82) is 0 Å². The van der Waals surface area contributed by atoms with Gasteiger partial charge >= 0.3 is 0 Å². The second kappa shape index (κ2) is 21.9. The number of aliphatic imine (C=N–C) groups is 1. The average Bonchev–Trinajstić information content (AvgIpc) is 3.67. The van der Waals surface area contributed by atoms with Gasteiger partial charge in [-0.2, -0.15) is 0 Å². The van der Waals surface area contributed by atoms with Crippen LogP contribution in [-0.4, -0.2) is 129 Å². The Morgan fingerprint density at radius 3 is 1.95 bits per heavy atom. The number of nitrogens with one attached hydrogen (secondary N) is 7. The second-order valence-electron chi connectivity index (χ2n) is 15.2. The van der Waals surface area contributed by atoms with Crippen LogP contribution in [0.25, 0.3) is 0 Å². The van der Waals surface area contributed by atoms with Crippen LogP contribution in [0.15, 0.2) is 23.3 Å². The number of carbonyl (C=O) groups is 9. The van der Waals surface area contributed by atoms with E-state index in [2.05, 4.69) is 47.2 Å². The van der Waals surface area contributed by atoms with Crippen molar-refractivity contribution in [2.45, 2.75) is 116 Å². The molecule has 12 N–H and O–H groups in total. The summed E-state index contributed by atoms with van der Waals surface area (Å²) in [5.74, 6) is -7.79. The molecule has 9 amide bonds. The molecule has 3 heterocycles. The number of carbonyl (C=O) groups excluding carboxylic acids is 9. The number of fused-ring (bicyclic) bond motifs is 4. The van der Waals surface area contributed by atoms with Gasteiger partial charge in [0.05, 0.1) is 12.3 Å². The molecule has 0 aliphatic carbocycles. The number of rotatable bonds is 8. The van der Waals surface area contributed by atoms with Gasteiger partial charge in [-0.15, -0.1) is 11.8 Å². The van der Waals surface area contributed by atoms with Crippen molar-refractivity contribution in [3.63, 3.8) is 0 Å². The Balaban J connectivity index is 2.02. The number of primary amides is 2. The summed E-state index contributed by atoms with van der Waals surface area (Å²) in [5, 5.41) is 28.1. The second-order valence-corrected chi connectivity index (χ2v) is 16.2. The van der Waals surface area contributed by atoms with Crippen LogP contribution in [-0.2, 0) is 49.6 Å². The highest BCUT2D eigenvalue weighted by Gasteiger charge is 2.35. The molecule has 8 atom stereocenters. The monoisotopic (exact) mass is 845 g/mol. The number of aromatic nitrogens is 1. The topological polar surface area (TPSA) is 335 Å². The van der Waals surface area contributed by atoms with Crippen LogP contribution in [0.5, 0.6) is 0 Å². The first-order valence-electron chi connectivity index (χ1n) is 19.2. The summed E-state index contributed by atoms with van der Waals surface area (Å²) in [5.41, 5.74) is 11.8. The van der Waals surface area contributed by atoms with E-state index in [1.807, 2.05) is 0 Å². The summed E-state index contributed by atoms with van der Waals surface area (Å²) in [6.07, 6.45) is 0.648. The summed E-state index contributed by atoms with van der Waals surface area (Å²) in [6.45, 7) is 8.73. The van der Waals surface area contributed by atoms with Crippen LogP contribution in [0.4, 0.5) is 0 Å². The molecule has 0 radical (unpaired) electrons. The van der Waals surface area contributed by atoms with Gasteiger partial charge in [-0.05, 0) is 56.2 Å². The summed E-state index contributed by atoms with van der Waals surface area (Å²) < 4.78 is 0. The molecule has 0 fully saturated rings. The molecule has 2 aliphatic heterocycles. The maximum atomic E-state index is 13.8. The quantitative estimate of drug-likeness (QED) is 0.121. The van der Waals surface area contributed by atoms with Gasteiger partial charge in [-0.25, -0.2) is 0 Å². The number of nitrogens with zero attached hydrogens (tertiary/aromatic N) is 2. The Morgan fingerprint density at radius 1 is 0.780 bits per heavy atom. The van der Waals surface area contributed by atoms with Crippen LogP contribution < -0.4 is 48.7 Å². The van der Waals surface area contributed by atoms with Crippen molar-refractivity contribution < 1.29 is 48.3 Å². The molecule has 0 spiro atoms. The minimum absolute atomic E-state index is 0.0673. The SMILES string of the molecule is CC(C)C[C@@H]1NC(=O)[C@H](C(C)C)NC(=O)[C@H](C)NC(=O)[C@H](C)NC(=O)[C@@H]2CSC(=N2)c2cc(ccn2)C[C@@H](C(N)=O)NC(=O)[C@H](CO)NC(=O)[C@H](CCC(N)=O)NC1=O. The fraction of sp³-hybridized carbons (Fsp3) is 0.595. The van der Waals surface area contributed by atoms with E-state index in [0.717, 1.165) is 0 Å². The molecule has 21 nitrogen and oxygen atoms in total. The van der Waals surface area contributed by atoms with Gasteiger partial charge in [0.15, 0.2) is 0 Å². The molecule has 0 saturated carbocycles. The molecule has 59 heavy (non-hydrogen) atoms. The molecule has 0 unspecified atom stereocenters. The lowest BCUT2D eigenvalue weighted by Gasteiger charge is -2.28. The van der Waals surface area contributed by atoms with Crippen molar-refractivity contribution in [3.8, 4) is 0 Å². The Bertz CT molecular complexity index is 1810. The van der Waals surface area contributed by atoms with Crippen LogP contribution in [0.2, 0.25) is 0 Å². The fourth-order valence-electron chi connectivity index (χ4n) is 5.95. The van der Waals surface area contributed by atoms with Gasteiger partial charge in [-0.1, -0.05) is 27.7 Å². The van der Waals surface area contributed by atoms with Crippen LogP contribution in [0.3, 0.4) is 0 Å². The minimum Gasteiger partial charge on any atom is -0.394 e. The number of aliphatic hydroxyl groups excluding tert-OH is 1. The molecule has 3 rings (SSSR count). The number of hydrogen-bond acceptors (Lipinski definition) is 13. The number of amides is 9. The summed E-state index contributed by atoms with van der Waals surface area (Å²) in [7, 11) is 0. The molecule has 0 saturated heterocycles. The van der Waals surface area contributed by atoms with E-state index in [-0.39, 0.29) is 37.4 Å². The average molecular weight is 846 g/mol. The lowest BCUT2D eigenvalue weighted by Crippen LogP contribution is -2.61. The first-order chi connectivity index (χ1) is 27.7. The molecular formula is C37H55N11O10S. The minimum atomic E-state index is -1.65. The predicted octanol–water partition coefficient (Wildman–Crippen LogP) is -3.62. The Kier molecular flexibility index (Phi) is 17.7. The number of nitrogens with two attached hydrogens (primary N) is 2. The van der Waals surface area contributed by atoms with Crippen molar-refractivity contribution >= 4 is 70.0 Å². The predicted molar refractivity (Wildman–Crippen MR) is 215 cm³/mol. The molecule has 4 bridgehead atoms. The van der Waals surface area contributed by atoms with Gasteiger partial charge in [-0.3, -0.25) is 53.1 Å². The highest BCUT2D eigenvalue weighted by Crippen LogP contribution is 2.23. The molecule has 22 heteroatoms. The molecule has 1 aromatic heterocycles. The fourth-order valence-corrected chi connectivity index (χ4v) is 6.95. The van der Waals surface area contributed by atoms with Crippen LogP contribution in [0, 0.1) is 11.8 Å². The Labute approximate surface area is 345 Å².